The maximum atomic E-state index is 8.34. The lowest BCUT2D eigenvalue weighted by atomic mass is 9.89. The van der Waals surface area contributed by atoms with Gasteiger partial charge >= 0.3 is 0 Å². The fourth-order valence-corrected chi connectivity index (χ4v) is 2.55. The van der Waals surface area contributed by atoms with Crippen LogP contribution in [0.2, 0.25) is 0 Å². The largest absolute Gasteiger partial charge is 0.360 e. The van der Waals surface area contributed by atoms with E-state index in [1.807, 2.05) is 6.07 Å². The van der Waals surface area contributed by atoms with Gasteiger partial charge in [-0.05, 0) is 24.8 Å². The van der Waals surface area contributed by atoms with Gasteiger partial charge < -0.3 is 4.90 Å². The second kappa shape index (κ2) is 5.85. The Labute approximate surface area is 104 Å². The molecule has 17 heavy (non-hydrogen) atoms. The number of hydrogen-bond donors (Lipinski definition) is 1. The first kappa shape index (κ1) is 12.2. The lowest BCUT2D eigenvalue weighted by Crippen LogP contribution is -2.40. The van der Waals surface area contributed by atoms with Gasteiger partial charge in [-0.15, -0.1) is 0 Å². The fourth-order valence-electron chi connectivity index (χ4n) is 2.55. The van der Waals surface area contributed by atoms with Crippen molar-refractivity contribution in [3.05, 3.63) is 35.9 Å². The zero-order chi connectivity index (χ0) is 12.1. The SMILES string of the molecule is CCCCN1CCCC(c2ccccc2)C1=N. The first-order chi connectivity index (χ1) is 8.33. The molecule has 0 bridgehead atoms. The summed E-state index contributed by atoms with van der Waals surface area (Å²) in [6, 6.07) is 10.5. The van der Waals surface area contributed by atoms with E-state index in [0.29, 0.717) is 5.92 Å². The van der Waals surface area contributed by atoms with Gasteiger partial charge in [0, 0.05) is 19.0 Å². The Bertz CT molecular complexity index is 358. The predicted molar refractivity (Wildman–Crippen MR) is 72.6 cm³/mol. The molecule has 0 aliphatic carbocycles. The van der Waals surface area contributed by atoms with E-state index in [4.69, 9.17) is 5.41 Å². The molecule has 1 aliphatic rings. The van der Waals surface area contributed by atoms with Crippen LogP contribution >= 0.6 is 0 Å². The van der Waals surface area contributed by atoms with Crippen molar-refractivity contribution in [1.29, 1.82) is 5.41 Å². The van der Waals surface area contributed by atoms with Gasteiger partial charge in [-0.1, -0.05) is 43.7 Å². The molecular formula is C15H22N2. The van der Waals surface area contributed by atoms with Crippen molar-refractivity contribution in [3.63, 3.8) is 0 Å². The number of nitrogens with zero attached hydrogens (tertiary/aromatic N) is 1. The normalized spacial score (nSPS) is 20.6. The van der Waals surface area contributed by atoms with Crippen LogP contribution in [-0.2, 0) is 0 Å². The lowest BCUT2D eigenvalue weighted by Gasteiger charge is -2.35. The van der Waals surface area contributed by atoms with Crippen LogP contribution in [0.15, 0.2) is 30.3 Å². The number of likely N-dealkylation sites (tertiary alicyclic amines) is 1. The molecule has 1 heterocycles. The van der Waals surface area contributed by atoms with Gasteiger partial charge in [-0.25, -0.2) is 0 Å². The van der Waals surface area contributed by atoms with Gasteiger partial charge in [-0.2, -0.15) is 0 Å². The van der Waals surface area contributed by atoms with Crippen molar-refractivity contribution >= 4 is 5.84 Å². The van der Waals surface area contributed by atoms with E-state index >= 15 is 0 Å². The van der Waals surface area contributed by atoms with Crippen LogP contribution in [0.25, 0.3) is 0 Å². The molecule has 1 aromatic rings. The lowest BCUT2D eigenvalue weighted by molar-refractivity contribution is 0.346. The molecular weight excluding hydrogens is 208 g/mol. The highest BCUT2D eigenvalue weighted by molar-refractivity contribution is 5.87. The number of piperidine rings is 1. The first-order valence-corrected chi connectivity index (χ1v) is 6.71. The monoisotopic (exact) mass is 230 g/mol. The zero-order valence-corrected chi connectivity index (χ0v) is 10.7. The number of nitrogens with one attached hydrogen (secondary N) is 1. The molecule has 1 fully saturated rings. The molecule has 0 amide bonds. The zero-order valence-electron chi connectivity index (χ0n) is 10.7. The highest BCUT2D eigenvalue weighted by Gasteiger charge is 2.25. The summed E-state index contributed by atoms with van der Waals surface area (Å²) in [5, 5.41) is 8.34. The number of hydrogen-bond acceptors (Lipinski definition) is 1. The summed E-state index contributed by atoms with van der Waals surface area (Å²) < 4.78 is 0. The molecule has 0 saturated carbocycles. The molecule has 1 aliphatic heterocycles. The third-order valence-corrected chi connectivity index (χ3v) is 3.58. The number of amidine groups is 1. The van der Waals surface area contributed by atoms with Gasteiger partial charge in [0.1, 0.15) is 5.84 Å². The Balaban J connectivity index is 2.06. The Morgan fingerprint density at radius 1 is 1.29 bits per heavy atom. The molecule has 1 unspecified atom stereocenters. The van der Waals surface area contributed by atoms with Gasteiger partial charge in [-0.3, -0.25) is 5.41 Å². The quantitative estimate of drug-likeness (QED) is 0.840. The minimum Gasteiger partial charge on any atom is -0.360 e. The van der Waals surface area contributed by atoms with Crippen LogP contribution in [0.4, 0.5) is 0 Å². The van der Waals surface area contributed by atoms with Crippen molar-refractivity contribution in [3.8, 4) is 0 Å². The van der Waals surface area contributed by atoms with Crippen LogP contribution < -0.4 is 0 Å². The second-order valence-electron chi connectivity index (χ2n) is 4.83. The number of benzene rings is 1. The molecule has 2 heteroatoms. The third-order valence-electron chi connectivity index (χ3n) is 3.58. The summed E-state index contributed by atoms with van der Waals surface area (Å²) in [6.45, 7) is 4.34. The predicted octanol–water partition coefficient (Wildman–Crippen LogP) is 3.64. The van der Waals surface area contributed by atoms with Crippen LogP contribution in [0, 0.1) is 5.41 Å². The van der Waals surface area contributed by atoms with E-state index < -0.39 is 0 Å². The van der Waals surface area contributed by atoms with Crippen molar-refractivity contribution in [2.75, 3.05) is 13.1 Å². The van der Waals surface area contributed by atoms with Gasteiger partial charge in [0.25, 0.3) is 0 Å². The molecule has 1 atom stereocenters. The maximum absolute atomic E-state index is 8.34. The molecule has 1 aromatic carbocycles. The van der Waals surface area contributed by atoms with E-state index in [1.54, 1.807) is 0 Å². The van der Waals surface area contributed by atoms with Gasteiger partial charge in [0.05, 0.1) is 0 Å². The average molecular weight is 230 g/mol. The van der Waals surface area contributed by atoms with Crippen LogP contribution in [0.1, 0.15) is 44.1 Å². The minimum absolute atomic E-state index is 0.321. The maximum Gasteiger partial charge on any atom is 0.103 e. The third kappa shape index (κ3) is 2.87. The number of rotatable bonds is 4. The molecule has 92 valence electrons. The topological polar surface area (TPSA) is 27.1 Å². The second-order valence-corrected chi connectivity index (χ2v) is 4.83. The minimum atomic E-state index is 0.321. The highest BCUT2D eigenvalue weighted by Crippen LogP contribution is 2.28. The highest BCUT2D eigenvalue weighted by atomic mass is 15.2. The molecule has 0 aromatic heterocycles. The standard InChI is InChI=1S/C15H22N2/c1-2-3-11-17-12-7-10-14(15(17)16)13-8-5-4-6-9-13/h4-6,8-9,14,16H,2-3,7,10-12H2,1H3. The Kier molecular flexibility index (Phi) is 4.18. The molecule has 1 N–H and O–H groups in total. The van der Waals surface area contributed by atoms with E-state index in [9.17, 15) is 0 Å². The summed E-state index contributed by atoms with van der Waals surface area (Å²) in [6.07, 6.45) is 4.75. The van der Waals surface area contributed by atoms with E-state index in [-0.39, 0.29) is 0 Å². The van der Waals surface area contributed by atoms with E-state index in [0.717, 1.165) is 25.3 Å². The Morgan fingerprint density at radius 3 is 2.76 bits per heavy atom. The Morgan fingerprint density at radius 2 is 2.06 bits per heavy atom. The molecule has 0 radical (unpaired) electrons. The van der Waals surface area contributed by atoms with Gasteiger partial charge in [0.2, 0.25) is 0 Å². The summed E-state index contributed by atoms with van der Waals surface area (Å²) in [4.78, 5) is 2.27. The van der Waals surface area contributed by atoms with E-state index in [2.05, 4.69) is 36.1 Å². The van der Waals surface area contributed by atoms with Gasteiger partial charge in [0.15, 0.2) is 0 Å². The smallest absolute Gasteiger partial charge is 0.103 e. The molecule has 0 spiro atoms. The van der Waals surface area contributed by atoms with Crippen molar-refractivity contribution < 1.29 is 0 Å². The van der Waals surface area contributed by atoms with E-state index in [1.165, 1.54) is 24.8 Å². The molecule has 2 nitrogen and oxygen atoms in total. The molecule has 1 saturated heterocycles. The Hall–Kier alpha value is -1.31. The number of unbranched alkanes of at least 4 members (excludes halogenated alkanes) is 1. The van der Waals surface area contributed by atoms with Crippen molar-refractivity contribution in [1.82, 2.24) is 4.90 Å². The van der Waals surface area contributed by atoms with Crippen LogP contribution in [-0.4, -0.2) is 23.8 Å². The molecule has 2 rings (SSSR count). The summed E-state index contributed by atoms with van der Waals surface area (Å²) >= 11 is 0. The summed E-state index contributed by atoms with van der Waals surface area (Å²) in [7, 11) is 0. The fraction of sp³-hybridized carbons (Fsp3) is 0.533. The first-order valence-electron chi connectivity index (χ1n) is 6.71. The van der Waals surface area contributed by atoms with Crippen LogP contribution in [0.3, 0.4) is 0 Å². The summed E-state index contributed by atoms with van der Waals surface area (Å²) in [5.41, 5.74) is 1.30. The van der Waals surface area contributed by atoms with Crippen LogP contribution in [0.5, 0.6) is 0 Å². The van der Waals surface area contributed by atoms with Crippen molar-refractivity contribution in [2.24, 2.45) is 0 Å². The van der Waals surface area contributed by atoms with Crippen molar-refractivity contribution in [2.45, 2.75) is 38.5 Å². The summed E-state index contributed by atoms with van der Waals surface area (Å²) in [5.74, 6) is 1.15. The average Bonchev–Trinajstić information content (AvgIpc) is 2.39.